The predicted molar refractivity (Wildman–Crippen MR) is 63.7 cm³/mol. The summed E-state index contributed by atoms with van der Waals surface area (Å²) in [5.41, 5.74) is 4.56. The van der Waals surface area contributed by atoms with Gasteiger partial charge >= 0.3 is 5.97 Å². The molecule has 0 aromatic carbocycles. The summed E-state index contributed by atoms with van der Waals surface area (Å²) in [4.78, 5) is 16.0. The van der Waals surface area contributed by atoms with E-state index < -0.39 is 5.41 Å². The molecule has 2 N–H and O–H groups in total. The van der Waals surface area contributed by atoms with E-state index in [9.17, 15) is 4.79 Å². The second-order valence-corrected chi connectivity index (χ2v) is 4.70. The topological polar surface area (TPSA) is 73.9 Å². The highest BCUT2D eigenvalue weighted by Gasteiger charge is 2.66. The number of carbonyl (C=O) groups is 1. The van der Waals surface area contributed by atoms with E-state index in [-0.39, 0.29) is 11.6 Å². The maximum absolute atomic E-state index is 11.8. The minimum atomic E-state index is -0.394. The Morgan fingerprint density at radius 3 is 3.00 bits per heavy atom. The molecular formula is C12H18N2O3. The average Bonchev–Trinajstić information content (AvgIpc) is 2.81. The highest BCUT2D eigenvalue weighted by molar-refractivity contribution is 5.80. The van der Waals surface area contributed by atoms with Crippen molar-refractivity contribution in [1.82, 2.24) is 0 Å². The van der Waals surface area contributed by atoms with E-state index in [4.69, 9.17) is 15.2 Å². The lowest BCUT2D eigenvalue weighted by Crippen LogP contribution is -2.51. The summed E-state index contributed by atoms with van der Waals surface area (Å²) in [6.07, 6.45) is 6.20. The van der Waals surface area contributed by atoms with Crippen molar-refractivity contribution in [3.63, 3.8) is 0 Å². The first-order valence-corrected chi connectivity index (χ1v) is 5.84. The molecule has 1 saturated carbocycles. The molecule has 0 unspecified atom stereocenters. The van der Waals surface area contributed by atoms with Crippen LogP contribution in [0.25, 0.3) is 0 Å². The maximum atomic E-state index is 11.8. The number of aliphatic imine (C=N–C) groups is 1. The van der Waals surface area contributed by atoms with Crippen LogP contribution in [-0.4, -0.2) is 37.5 Å². The first-order valence-electron chi connectivity index (χ1n) is 5.84. The number of carbonyl (C=O) groups excluding carboxylic acids is 1. The van der Waals surface area contributed by atoms with Crippen molar-refractivity contribution in [3.8, 4) is 0 Å². The number of nitrogens with two attached hydrogens (primary N) is 1. The smallest absolute Gasteiger partial charge is 0.314 e. The molecule has 94 valence electrons. The lowest BCUT2D eigenvalue weighted by molar-refractivity contribution is -0.160. The summed E-state index contributed by atoms with van der Waals surface area (Å²) in [7, 11) is 0. The fraction of sp³-hybridized carbons (Fsp3) is 0.667. The minimum Gasteiger partial charge on any atom is -0.465 e. The van der Waals surface area contributed by atoms with E-state index in [1.165, 1.54) is 6.20 Å². The van der Waals surface area contributed by atoms with Gasteiger partial charge in [-0.05, 0) is 32.0 Å². The third-order valence-electron chi connectivity index (χ3n) is 3.37. The molecule has 5 nitrogen and oxygen atoms in total. The number of ether oxygens (including phenoxy) is 2. The molecule has 3 fully saturated rings. The van der Waals surface area contributed by atoms with E-state index in [1.807, 2.05) is 6.92 Å². The average molecular weight is 238 g/mol. The van der Waals surface area contributed by atoms with Gasteiger partial charge in [-0.3, -0.25) is 9.79 Å². The number of allylic oxidation sites excluding steroid dienone is 1. The van der Waals surface area contributed by atoms with Gasteiger partial charge in [-0.25, -0.2) is 0 Å². The fourth-order valence-electron chi connectivity index (χ4n) is 2.65. The summed E-state index contributed by atoms with van der Waals surface area (Å²) >= 11 is 0. The van der Waals surface area contributed by atoms with E-state index in [2.05, 4.69) is 4.99 Å². The number of fused-ring (bicyclic) bond motifs is 1. The lowest BCUT2D eigenvalue weighted by Gasteiger charge is -2.41. The largest absolute Gasteiger partial charge is 0.465 e. The molecule has 0 spiro atoms. The Morgan fingerprint density at radius 2 is 2.35 bits per heavy atom. The van der Waals surface area contributed by atoms with Gasteiger partial charge in [0.1, 0.15) is 0 Å². The van der Waals surface area contributed by atoms with Crippen LogP contribution in [0.15, 0.2) is 17.3 Å². The Morgan fingerprint density at radius 1 is 1.59 bits per heavy atom. The molecule has 1 aliphatic carbocycles. The van der Waals surface area contributed by atoms with E-state index in [0.717, 1.165) is 12.8 Å². The number of nitrogens with zero attached hydrogens (tertiary/aromatic N) is 1. The van der Waals surface area contributed by atoms with Crippen LogP contribution in [0.1, 0.15) is 19.8 Å². The molecule has 2 heterocycles. The van der Waals surface area contributed by atoms with Crippen molar-refractivity contribution in [2.24, 2.45) is 16.1 Å². The van der Waals surface area contributed by atoms with Crippen LogP contribution in [0.4, 0.5) is 0 Å². The molecule has 0 amide bonds. The van der Waals surface area contributed by atoms with E-state index in [0.29, 0.717) is 19.8 Å². The van der Waals surface area contributed by atoms with Gasteiger partial charge in [-0.2, -0.15) is 0 Å². The Kier molecular flexibility index (Phi) is 3.19. The van der Waals surface area contributed by atoms with Gasteiger partial charge < -0.3 is 15.2 Å². The minimum absolute atomic E-state index is 0.126. The molecule has 0 aromatic heterocycles. The number of rotatable bonds is 5. The second-order valence-electron chi connectivity index (χ2n) is 4.70. The highest BCUT2D eigenvalue weighted by atomic mass is 16.6. The van der Waals surface area contributed by atoms with Crippen molar-refractivity contribution >= 4 is 12.2 Å². The molecule has 2 aliphatic heterocycles. The van der Waals surface area contributed by atoms with Crippen LogP contribution in [0.2, 0.25) is 0 Å². The molecule has 3 aliphatic rings. The summed E-state index contributed by atoms with van der Waals surface area (Å²) in [5, 5.41) is 0. The Labute approximate surface area is 101 Å². The van der Waals surface area contributed by atoms with Gasteiger partial charge in [0.05, 0.1) is 30.8 Å². The summed E-state index contributed by atoms with van der Waals surface area (Å²) in [5.74, 6) is -0.126. The molecule has 0 atom stereocenters. The van der Waals surface area contributed by atoms with Crippen LogP contribution in [0, 0.1) is 5.41 Å². The summed E-state index contributed by atoms with van der Waals surface area (Å²) in [6, 6.07) is 0. The monoisotopic (exact) mass is 238 g/mol. The molecule has 3 rings (SSSR count). The van der Waals surface area contributed by atoms with Gasteiger partial charge in [0.25, 0.3) is 0 Å². The first-order chi connectivity index (χ1) is 8.16. The van der Waals surface area contributed by atoms with Crippen molar-refractivity contribution in [2.45, 2.75) is 25.4 Å². The molecule has 5 heteroatoms. The Hall–Kier alpha value is -1.36. The molecule has 17 heavy (non-hydrogen) atoms. The van der Waals surface area contributed by atoms with Crippen molar-refractivity contribution in [1.29, 1.82) is 0 Å². The number of hydrogen-bond acceptors (Lipinski definition) is 5. The SMILES string of the molecule is CCOC(=O)C12COC(CN=C/C=C\N)(C1)C2. The van der Waals surface area contributed by atoms with Crippen molar-refractivity contribution in [2.75, 3.05) is 19.8 Å². The van der Waals surface area contributed by atoms with Crippen LogP contribution in [-0.2, 0) is 14.3 Å². The molecule has 0 radical (unpaired) electrons. The van der Waals surface area contributed by atoms with Crippen molar-refractivity contribution < 1.29 is 14.3 Å². The normalized spacial score (nSPS) is 35.4. The third kappa shape index (κ3) is 2.07. The zero-order chi connectivity index (χ0) is 12.4. The van der Waals surface area contributed by atoms with Gasteiger partial charge in [0.2, 0.25) is 0 Å². The second kappa shape index (κ2) is 4.49. The lowest BCUT2D eigenvalue weighted by atomic mass is 9.62. The third-order valence-corrected chi connectivity index (χ3v) is 3.37. The van der Waals surface area contributed by atoms with Crippen LogP contribution < -0.4 is 5.73 Å². The number of hydrogen-bond donors (Lipinski definition) is 1. The molecular weight excluding hydrogens is 220 g/mol. The maximum Gasteiger partial charge on any atom is 0.314 e. The fourth-order valence-corrected chi connectivity index (χ4v) is 2.65. The van der Waals surface area contributed by atoms with Gasteiger partial charge in [-0.15, -0.1) is 0 Å². The van der Waals surface area contributed by atoms with Crippen LogP contribution in [0.3, 0.4) is 0 Å². The first kappa shape index (κ1) is 12.1. The quantitative estimate of drug-likeness (QED) is 0.563. The van der Waals surface area contributed by atoms with Crippen LogP contribution in [0.5, 0.6) is 0 Å². The Bertz CT molecular complexity index is 357. The zero-order valence-electron chi connectivity index (χ0n) is 10.0. The number of esters is 1. The van der Waals surface area contributed by atoms with E-state index >= 15 is 0 Å². The molecule has 2 bridgehead atoms. The van der Waals surface area contributed by atoms with Gasteiger partial charge in [-0.1, -0.05) is 0 Å². The highest BCUT2D eigenvalue weighted by Crippen LogP contribution is 2.58. The molecule has 2 saturated heterocycles. The summed E-state index contributed by atoms with van der Waals surface area (Å²) in [6.45, 7) is 3.29. The zero-order valence-corrected chi connectivity index (χ0v) is 10.0. The standard InChI is InChI=1S/C12H18N2O3/c1-2-16-10(15)11-6-12(7-11,17-9-11)8-14-5-3-4-13/h3-5H,2,6-9,13H2,1H3/b4-3-,14-5?. The van der Waals surface area contributed by atoms with Gasteiger partial charge in [0, 0.05) is 6.21 Å². The van der Waals surface area contributed by atoms with Gasteiger partial charge in [0.15, 0.2) is 0 Å². The van der Waals surface area contributed by atoms with Crippen molar-refractivity contribution in [3.05, 3.63) is 12.3 Å². The summed E-state index contributed by atoms with van der Waals surface area (Å²) < 4.78 is 10.8. The van der Waals surface area contributed by atoms with Crippen LogP contribution >= 0.6 is 0 Å². The molecule has 0 aromatic rings. The predicted octanol–water partition coefficient (Wildman–Crippen LogP) is 0.642. The Balaban J connectivity index is 1.88. The van der Waals surface area contributed by atoms with E-state index in [1.54, 1.807) is 12.3 Å².